The lowest BCUT2D eigenvalue weighted by Gasteiger charge is -2.27. The average Bonchev–Trinajstić information content (AvgIpc) is 3.36. The smallest absolute Gasteiger partial charge is 0.271 e. The number of hydrazone groups is 1. The summed E-state index contributed by atoms with van der Waals surface area (Å²) in [5.41, 5.74) is 0.768. The van der Waals surface area contributed by atoms with Crippen molar-refractivity contribution in [1.82, 2.24) is 5.01 Å². The summed E-state index contributed by atoms with van der Waals surface area (Å²) in [4.78, 5) is 24.9. The van der Waals surface area contributed by atoms with Crippen LogP contribution in [0.3, 0.4) is 0 Å². The van der Waals surface area contributed by atoms with Crippen molar-refractivity contribution in [1.29, 1.82) is 0 Å². The van der Waals surface area contributed by atoms with Crippen molar-refractivity contribution in [2.45, 2.75) is 44.2 Å². The first-order valence-corrected chi connectivity index (χ1v) is 12.0. The Morgan fingerprint density at radius 3 is 2.90 bits per heavy atom. The molecule has 0 unspecified atom stereocenters. The average molecular weight is 436 g/mol. The molecule has 9 nitrogen and oxygen atoms in total. The summed E-state index contributed by atoms with van der Waals surface area (Å²) in [6, 6.07) is 6.56. The van der Waals surface area contributed by atoms with E-state index in [9.17, 15) is 18.0 Å². The minimum absolute atomic E-state index is 0.0389. The van der Waals surface area contributed by atoms with E-state index in [0.717, 1.165) is 19.4 Å². The van der Waals surface area contributed by atoms with Gasteiger partial charge in [0.05, 0.1) is 23.7 Å². The van der Waals surface area contributed by atoms with Crippen molar-refractivity contribution in [3.8, 4) is 5.75 Å². The highest BCUT2D eigenvalue weighted by Gasteiger charge is 2.37. The molecule has 1 aromatic carbocycles. The Morgan fingerprint density at radius 1 is 1.30 bits per heavy atom. The summed E-state index contributed by atoms with van der Waals surface area (Å²) in [5.74, 6) is -0.108. The molecular weight excluding hydrogens is 410 g/mol. The van der Waals surface area contributed by atoms with E-state index < -0.39 is 21.8 Å². The number of carbonyl (C=O) groups excluding carboxylic acids is 2. The zero-order valence-electron chi connectivity index (χ0n) is 16.6. The van der Waals surface area contributed by atoms with Gasteiger partial charge in [-0.15, -0.1) is 0 Å². The van der Waals surface area contributed by atoms with E-state index in [1.54, 1.807) is 18.2 Å². The summed E-state index contributed by atoms with van der Waals surface area (Å²) >= 11 is 0. The lowest BCUT2D eigenvalue weighted by Crippen LogP contribution is -2.42. The Bertz CT molecular complexity index is 955. The monoisotopic (exact) mass is 435 g/mol. The fourth-order valence-electron chi connectivity index (χ4n) is 3.82. The van der Waals surface area contributed by atoms with Crippen LogP contribution < -0.4 is 10.1 Å². The molecule has 2 amide bonds. The zero-order valence-corrected chi connectivity index (χ0v) is 17.4. The van der Waals surface area contributed by atoms with Crippen LogP contribution in [-0.4, -0.2) is 67.8 Å². The van der Waals surface area contributed by atoms with Crippen molar-refractivity contribution in [2.75, 3.05) is 30.0 Å². The second kappa shape index (κ2) is 8.73. The van der Waals surface area contributed by atoms with Gasteiger partial charge in [0.25, 0.3) is 5.91 Å². The van der Waals surface area contributed by atoms with Crippen LogP contribution >= 0.6 is 0 Å². The maximum Gasteiger partial charge on any atom is 0.271 e. The second-order valence-electron chi connectivity index (χ2n) is 7.77. The first-order chi connectivity index (χ1) is 14.4. The molecule has 4 rings (SSSR count). The van der Waals surface area contributed by atoms with E-state index in [1.165, 1.54) is 5.01 Å². The normalized spacial score (nSPS) is 25.8. The zero-order chi connectivity index (χ0) is 21.1. The van der Waals surface area contributed by atoms with Gasteiger partial charge in [0.1, 0.15) is 18.1 Å². The molecule has 10 heteroatoms. The van der Waals surface area contributed by atoms with E-state index >= 15 is 0 Å². The number of nitrogens with zero attached hydrogens (tertiary/aromatic N) is 2. The molecule has 0 aromatic heterocycles. The standard InChI is InChI=1S/C20H25N3O6S/c24-19-7-6-18(22-23(19)15-8-10-30(26,27)13-15)20(25)21-14-3-1-4-16(11-14)29-12-17-5-2-9-28-17/h1,3-4,11,15,17H,2,5-10,12-13H2,(H,21,25)/t15-,17-/m1/s1. The van der Waals surface area contributed by atoms with Gasteiger partial charge in [-0.1, -0.05) is 6.07 Å². The number of nitrogens with one attached hydrogen (secondary N) is 1. The van der Waals surface area contributed by atoms with E-state index in [4.69, 9.17) is 9.47 Å². The van der Waals surface area contributed by atoms with Crippen LogP contribution in [0.4, 0.5) is 5.69 Å². The highest BCUT2D eigenvalue weighted by Crippen LogP contribution is 2.23. The maximum atomic E-state index is 12.7. The molecule has 30 heavy (non-hydrogen) atoms. The Kier molecular flexibility index (Phi) is 6.05. The minimum atomic E-state index is -3.16. The lowest BCUT2D eigenvalue weighted by atomic mass is 10.1. The van der Waals surface area contributed by atoms with Crippen LogP contribution in [0, 0.1) is 0 Å². The molecule has 3 aliphatic rings. The number of rotatable bonds is 6. The van der Waals surface area contributed by atoms with E-state index in [2.05, 4.69) is 10.4 Å². The Balaban J connectivity index is 1.39. The van der Waals surface area contributed by atoms with E-state index in [1.807, 2.05) is 6.07 Å². The summed E-state index contributed by atoms with van der Waals surface area (Å²) in [6.07, 6.45) is 2.81. The van der Waals surface area contributed by atoms with Crippen LogP contribution in [0.5, 0.6) is 5.75 Å². The fraction of sp³-hybridized carbons (Fsp3) is 0.550. The summed E-state index contributed by atoms with van der Waals surface area (Å²) in [5, 5.41) is 8.16. The molecular formula is C20H25N3O6S. The number of hydrogen-bond donors (Lipinski definition) is 1. The minimum Gasteiger partial charge on any atom is -0.491 e. The molecule has 3 heterocycles. The fourth-order valence-corrected chi connectivity index (χ4v) is 5.51. The molecule has 2 saturated heterocycles. The van der Waals surface area contributed by atoms with Crippen LogP contribution in [0.1, 0.15) is 32.1 Å². The number of amides is 2. The first kappa shape index (κ1) is 20.8. The molecule has 1 aromatic rings. The van der Waals surface area contributed by atoms with Crippen LogP contribution in [-0.2, 0) is 24.2 Å². The summed E-state index contributed by atoms with van der Waals surface area (Å²) in [6.45, 7) is 1.23. The predicted octanol–water partition coefficient (Wildman–Crippen LogP) is 1.35. The largest absolute Gasteiger partial charge is 0.491 e. The Morgan fingerprint density at radius 2 is 2.17 bits per heavy atom. The van der Waals surface area contributed by atoms with Gasteiger partial charge in [-0.05, 0) is 31.4 Å². The SMILES string of the molecule is O=C(Nc1cccc(OC[C@H]2CCCO2)c1)C1=NN([C@@H]2CCS(=O)(=O)C2)C(=O)CC1. The third-order valence-corrected chi connectivity index (χ3v) is 7.18. The molecule has 0 bridgehead atoms. The molecule has 0 aliphatic carbocycles. The van der Waals surface area contributed by atoms with Crippen LogP contribution in [0.2, 0.25) is 0 Å². The number of ether oxygens (including phenoxy) is 2. The van der Waals surface area contributed by atoms with Crippen molar-refractivity contribution in [3.63, 3.8) is 0 Å². The molecule has 3 aliphatic heterocycles. The topological polar surface area (TPSA) is 114 Å². The predicted molar refractivity (Wildman–Crippen MR) is 110 cm³/mol. The Labute approximate surface area is 175 Å². The quantitative estimate of drug-likeness (QED) is 0.721. The number of benzene rings is 1. The van der Waals surface area contributed by atoms with Gasteiger partial charge >= 0.3 is 0 Å². The molecule has 0 saturated carbocycles. The molecule has 0 radical (unpaired) electrons. The van der Waals surface area contributed by atoms with Gasteiger partial charge in [-0.2, -0.15) is 5.10 Å². The van der Waals surface area contributed by atoms with Crippen molar-refractivity contribution in [2.24, 2.45) is 5.10 Å². The van der Waals surface area contributed by atoms with Gasteiger partial charge in [-0.3, -0.25) is 9.59 Å². The van der Waals surface area contributed by atoms with E-state index in [-0.39, 0.29) is 42.1 Å². The lowest BCUT2D eigenvalue weighted by molar-refractivity contribution is -0.133. The number of sulfone groups is 1. The van der Waals surface area contributed by atoms with Gasteiger partial charge in [0, 0.05) is 31.2 Å². The molecule has 162 valence electrons. The second-order valence-corrected chi connectivity index (χ2v) is 10.00. The van der Waals surface area contributed by atoms with Crippen molar-refractivity contribution >= 4 is 33.1 Å². The number of carbonyl (C=O) groups is 2. The number of hydrogen-bond acceptors (Lipinski definition) is 7. The van der Waals surface area contributed by atoms with Gasteiger partial charge in [-0.25, -0.2) is 13.4 Å². The molecule has 1 N–H and O–H groups in total. The third kappa shape index (κ3) is 4.99. The van der Waals surface area contributed by atoms with Gasteiger partial charge in [0.2, 0.25) is 5.91 Å². The summed E-state index contributed by atoms with van der Waals surface area (Å²) in [7, 11) is -3.16. The Hall–Kier alpha value is -2.46. The maximum absolute atomic E-state index is 12.7. The van der Waals surface area contributed by atoms with Gasteiger partial charge < -0.3 is 14.8 Å². The highest BCUT2D eigenvalue weighted by atomic mass is 32.2. The third-order valence-electron chi connectivity index (χ3n) is 5.43. The molecule has 0 spiro atoms. The highest BCUT2D eigenvalue weighted by molar-refractivity contribution is 7.91. The molecule has 2 fully saturated rings. The molecule has 2 atom stereocenters. The van der Waals surface area contributed by atoms with Crippen molar-refractivity contribution < 1.29 is 27.5 Å². The van der Waals surface area contributed by atoms with Gasteiger partial charge in [0.15, 0.2) is 9.84 Å². The van der Waals surface area contributed by atoms with Crippen LogP contribution in [0.15, 0.2) is 29.4 Å². The van der Waals surface area contributed by atoms with Crippen molar-refractivity contribution in [3.05, 3.63) is 24.3 Å². The van der Waals surface area contributed by atoms with E-state index in [0.29, 0.717) is 24.5 Å². The number of anilines is 1. The van der Waals surface area contributed by atoms with Crippen LogP contribution in [0.25, 0.3) is 0 Å². The summed E-state index contributed by atoms with van der Waals surface area (Å²) < 4.78 is 34.8. The first-order valence-electron chi connectivity index (χ1n) is 10.2.